The predicted molar refractivity (Wildman–Crippen MR) is 50.0 cm³/mol. The molecule has 1 N–H and O–H groups in total. The molecule has 0 rings (SSSR count). The van der Waals surface area contributed by atoms with Gasteiger partial charge in [0.25, 0.3) is 0 Å². The first-order valence-corrected chi connectivity index (χ1v) is 4.49. The molecule has 0 aromatic carbocycles. The van der Waals surface area contributed by atoms with Gasteiger partial charge in [0.2, 0.25) is 0 Å². The Bertz CT molecular complexity index is 161. The molecule has 0 saturated carbocycles. The van der Waals surface area contributed by atoms with Gasteiger partial charge in [-0.15, -0.1) is 0 Å². The maximum atomic E-state index is 10.5. The van der Waals surface area contributed by atoms with Gasteiger partial charge in [0.1, 0.15) is 0 Å². The number of carboxylic acid groups (broad SMARTS) is 1. The Balaban J connectivity index is 3.85. The Labute approximate surface area is 74.3 Å². The van der Waals surface area contributed by atoms with Crippen LogP contribution in [0.3, 0.4) is 0 Å². The Hall–Kier alpha value is -0.790. The average Bonchev–Trinajstić information content (AvgIpc) is 2.03. The standard InChI is InChI=1S/C10H18O2/c1-4-5-6-7-8(2)9(3)10(11)12/h6-9H,4-5H2,1-3H3,(H,11,12)/b7-6+. The Morgan fingerprint density at radius 1 is 1.50 bits per heavy atom. The van der Waals surface area contributed by atoms with Crippen LogP contribution >= 0.6 is 0 Å². The lowest BCUT2D eigenvalue weighted by Crippen LogP contribution is -2.16. The molecule has 0 bridgehead atoms. The Morgan fingerprint density at radius 2 is 2.08 bits per heavy atom. The Kier molecular flexibility index (Phi) is 5.43. The zero-order valence-corrected chi connectivity index (χ0v) is 8.08. The van der Waals surface area contributed by atoms with E-state index in [2.05, 4.69) is 13.0 Å². The van der Waals surface area contributed by atoms with E-state index >= 15 is 0 Å². The second-order valence-corrected chi connectivity index (χ2v) is 3.20. The van der Waals surface area contributed by atoms with Crippen LogP contribution in [0.2, 0.25) is 0 Å². The van der Waals surface area contributed by atoms with E-state index in [0.717, 1.165) is 12.8 Å². The topological polar surface area (TPSA) is 37.3 Å². The molecule has 0 aliphatic heterocycles. The lowest BCUT2D eigenvalue weighted by atomic mass is 9.95. The minimum Gasteiger partial charge on any atom is -0.481 e. The van der Waals surface area contributed by atoms with Crippen molar-refractivity contribution in [3.8, 4) is 0 Å². The van der Waals surface area contributed by atoms with Gasteiger partial charge in [-0.25, -0.2) is 0 Å². The van der Waals surface area contributed by atoms with Gasteiger partial charge in [-0.3, -0.25) is 4.79 Å². The van der Waals surface area contributed by atoms with Crippen LogP contribution in [-0.2, 0) is 4.79 Å². The van der Waals surface area contributed by atoms with Gasteiger partial charge in [-0.05, 0) is 12.3 Å². The van der Waals surface area contributed by atoms with Crippen molar-refractivity contribution in [3.63, 3.8) is 0 Å². The van der Waals surface area contributed by atoms with Crippen LogP contribution < -0.4 is 0 Å². The maximum absolute atomic E-state index is 10.5. The van der Waals surface area contributed by atoms with E-state index in [9.17, 15) is 4.79 Å². The highest BCUT2D eigenvalue weighted by atomic mass is 16.4. The molecule has 0 fully saturated rings. The van der Waals surface area contributed by atoms with E-state index in [4.69, 9.17) is 5.11 Å². The molecule has 0 heterocycles. The van der Waals surface area contributed by atoms with Crippen LogP contribution in [0, 0.1) is 11.8 Å². The highest BCUT2D eigenvalue weighted by Crippen LogP contribution is 2.12. The first kappa shape index (κ1) is 11.2. The van der Waals surface area contributed by atoms with Gasteiger partial charge < -0.3 is 5.11 Å². The predicted octanol–water partition coefficient (Wildman–Crippen LogP) is 2.70. The molecule has 0 aliphatic carbocycles. The van der Waals surface area contributed by atoms with Crippen molar-refractivity contribution in [1.29, 1.82) is 0 Å². The van der Waals surface area contributed by atoms with Crippen LogP contribution in [0.15, 0.2) is 12.2 Å². The summed E-state index contributed by atoms with van der Waals surface area (Å²) in [4.78, 5) is 10.5. The van der Waals surface area contributed by atoms with Crippen LogP contribution in [0.5, 0.6) is 0 Å². The number of rotatable bonds is 5. The van der Waals surface area contributed by atoms with E-state index in [1.165, 1.54) is 0 Å². The van der Waals surface area contributed by atoms with Gasteiger partial charge in [0.15, 0.2) is 0 Å². The fourth-order valence-electron chi connectivity index (χ4n) is 0.869. The van der Waals surface area contributed by atoms with Crippen molar-refractivity contribution in [2.24, 2.45) is 11.8 Å². The first-order chi connectivity index (χ1) is 5.59. The van der Waals surface area contributed by atoms with Crippen molar-refractivity contribution in [2.75, 3.05) is 0 Å². The van der Waals surface area contributed by atoms with E-state index in [1.54, 1.807) is 6.92 Å². The normalized spacial score (nSPS) is 16.2. The van der Waals surface area contributed by atoms with Crippen LogP contribution in [0.4, 0.5) is 0 Å². The van der Waals surface area contributed by atoms with E-state index in [1.807, 2.05) is 13.0 Å². The summed E-state index contributed by atoms with van der Waals surface area (Å²) in [7, 11) is 0. The second kappa shape index (κ2) is 5.81. The van der Waals surface area contributed by atoms with Gasteiger partial charge in [-0.1, -0.05) is 39.3 Å². The van der Waals surface area contributed by atoms with E-state index in [0.29, 0.717) is 0 Å². The molecule has 0 spiro atoms. The summed E-state index contributed by atoms with van der Waals surface area (Å²) < 4.78 is 0. The molecule has 0 aromatic heterocycles. The van der Waals surface area contributed by atoms with Gasteiger partial charge in [0.05, 0.1) is 5.92 Å². The van der Waals surface area contributed by atoms with Gasteiger partial charge in [-0.2, -0.15) is 0 Å². The highest BCUT2D eigenvalue weighted by molar-refractivity contribution is 5.70. The molecule has 0 aliphatic rings. The summed E-state index contributed by atoms with van der Waals surface area (Å²) in [5.74, 6) is -0.865. The largest absolute Gasteiger partial charge is 0.481 e. The van der Waals surface area contributed by atoms with Crippen molar-refractivity contribution in [2.45, 2.75) is 33.6 Å². The Morgan fingerprint density at radius 3 is 2.50 bits per heavy atom. The van der Waals surface area contributed by atoms with E-state index in [-0.39, 0.29) is 11.8 Å². The monoisotopic (exact) mass is 170 g/mol. The number of hydrogen-bond acceptors (Lipinski definition) is 1. The zero-order chi connectivity index (χ0) is 9.56. The quantitative estimate of drug-likeness (QED) is 0.644. The number of hydrogen-bond donors (Lipinski definition) is 1. The minimum atomic E-state index is -0.719. The van der Waals surface area contributed by atoms with E-state index < -0.39 is 5.97 Å². The van der Waals surface area contributed by atoms with Crippen LogP contribution in [-0.4, -0.2) is 11.1 Å². The third-order valence-electron chi connectivity index (χ3n) is 2.07. The summed E-state index contributed by atoms with van der Waals surface area (Å²) >= 11 is 0. The number of carboxylic acids is 1. The summed E-state index contributed by atoms with van der Waals surface area (Å²) in [6.45, 7) is 5.78. The lowest BCUT2D eigenvalue weighted by Gasteiger charge is -2.10. The number of allylic oxidation sites excluding steroid dienone is 2. The maximum Gasteiger partial charge on any atom is 0.306 e. The molecular formula is C10H18O2. The fraction of sp³-hybridized carbons (Fsp3) is 0.700. The molecule has 0 amide bonds. The third-order valence-corrected chi connectivity index (χ3v) is 2.07. The molecule has 0 saturated heterocycles. The van der Waals surface area contributed by atoms with Crippen molar-refractivity contribution < 1.29 is 9.90 Å². The summed E-state index contributed by atoms with van der Waals surface area (Å²) in [5.41, 5.74) is 0. The van der Waals surface area contributed by atoms with Gasteiger partial charge in [0, 0.05) is 0 Å². The summed E-state index contributed by atoms with van der Waals surface area (Å²) in [5, 5.41) is 8.68. The van der Waals surface area contributed by atoms with Crippen LogP contribution in [0.1, 0.15) is 33.6 Å². The van der Waals surface area contributed by atoms with Crippen molar-refractivity contribution >= 4 is 5.97 Å². The summed E-state index contributed by atoms with van der Waals surface area (Å²) in [6.07, 6.45) is 6.20. The molecule has 2 unspecified atom stereocenters. The minimum absolute atomic E-state index is 0.133. The average molecular weight is 170 g/mol. The fourth-order valence-corrected chi connectivity index (χ4v) is 0.869. The molecule has 2 nitrogen and oxygen atoms in total. The van der Waals surface area contributed by atoms with Crippen molar-refractivity contribution in [1.82, 2.24) is 0 Å². The second-order valence-electron chi connectivity index (χ2n) is 3.20. The molecule has 0 radical (unpaired) electrons. The molecule has 2 atom stereocenters. The van der Waals surface area contributed by atoms with Crippen molar-refractivity contribution in [3.05, 3.63) is 12.2 Å². The molecule has 12 heavy (non-hydrogen) atoms. The highest BCUT2D eigenvalue weighted by Gasteiger charge is 2.15. The summed E-state index contributed by atoms with van der Waals surface area (Å²) in [6, 6.07) is 0. The first-order valence-electron chi connectivity index (χ1n) is 4.49. The third kappa shape index (κ3) is 4.16. The number of unbranched alkanes of at least 4 members (excludes halogenated alkanes) is 1. The molecule has 0 aromatic rings. The van der Waals surface area contributed by atoms with Crippen LogP contribution in [0.25, 0.3) is 0 Å². The molecule has 2 heteroatoms. The van der Waals surface area contributed by atoms with Gasteiger partial charge >= 0.3 is 5.97 Å². The zero-order valence-electron chi connectivity index (χ0n) is 8.08. The SMILES string of the molecule is CCC/C=C/C(C)C(C)C(=O)O. The number of aliphatic carboxylic acids is 1. The smallest absolute Gasteiger partial charge is 0.306 e. The molecule has 70 valence electrons. The lowest BCUT2D eigenvalue weighted by molar-refractivity contribution is -0.142. The number of carbonyl (C=O) groups is 1. The molecular weight excluding hydrogens is 152 g/mol.